The summed E-state index contributed by atoms with van der Waals surface area (Å²) < 4.78 is 10.7. The van der Waals surface area contributed by atoms with Crippen LogP contribution in [0, 0.1) is 0 Å². The summed E-state index contributed by atoms with van der Waals surface area (Å²) in [4.78, 5) is 12.4. The minimum absolute atomic E-state index is 0.0724. The van der Waals surface area contributed by atoms with Crippen molar-refractivity contribution in [3.05, 3.63) is 29.3 Å². The van der Waals surface area contributed by atoms with Crippen LogP contribution < -0.4 is 4.74 Å². The molecule has 1 aromatic rings. The molecule has 0 fully saturated rings. The Kier molecular flexibility index (Phi) is 5.26. The van der Waals surface area contributed by atoms with Crippen LogP contribution in [-0.2, 0) is 4.74 Å². The van der Waals surface area contributed by atoms with Gasteiger partial charge in [-0.25, -0.2) is 4.79 Å². The van der Waals surface area contributed by atoms with E-state index in [0.717, 1.165) is 32.1 Å². The number of allylic oxidation sites excluding steroid dienone is 1. The van der Waals surface area contributed by atoms with E-state index < -0.39 is 5.97 Å². The van der Waals surface area contributed by atoms with Crippen LogP contribution in [0.1, 0.15) is 54.9 Å². The van der Waals surface area contributed by atoms with Gasteiger partial charge in [-0.2, -0.15) is 0 Å². The number of benzene rings is 1. The van der Waals surface area contributed by atoms with Gasteiger partial charge in [0.2, 0.25) is 0 Å². The molecule has 1 atom stereocenters. The number of fused-ring (bicyclic) bond motifs is 1. The maximum Gasteiger partial charge on any atom is 0.342 e. The molecule has 0 unspecified atom stereocenters. The average Bonchev–Trinajstić information content (AvgIpc) is 2.44. The van der Waals surface area contributed by atoms with Gasteiger partial charge >= 0.3 is 5.97 Å². The van der Waals surface area contributed by atoms with Gasteiger partial charge < -0.3 is 14.6 Å². The number of esters is 1. The summed E-state index contributed by atoms with van der Waals surface area (Å²) in [6.45, 7) is 1.91. The molecule has 4 heteroatoms. The average molecular weight is 290 g/mol. The Bertz CT molecular complexity index is 534. The largest absolute Gasteiger partial charge is 0.508 e. The molecule has 1 aliphatic rings. The number of carbonyl (C=O) groups excluding carboxylic acids is 1. The zero-order valence-corrected chi connectivity index (χ0v) is 12.6. The van der Waals surface area contributed by atoms with Crippen LogP contribution in [-0.4, -0.2) is 24.3 Å². The molecule has 2 rings (SSSR count). The fourth-order valence-corrected chi connectivity index (χ4v) is 2.51. The topological polar surface area (TPSA) is 55.8 Å². The molecule has 0 saturated carbocycles. The summed E-state index contributed by atoms with van der Waals surface area (Å²) in [5.74, 6) is 0.00618. The lowest BCUT2D eigenvalue weighted by Gasteiger charge is -2.17. The highest BCUT2D eigenvalue weighted by atomic mass is 16.5. The SMILES string of the molecule is COc1cc(O)cc2c1C(=O)O[C@@H](C)CCCCCC=C2. The van der Waals surface area contributed by atoms with Gasteiger partial charge in [0, 0.05) is 6.07 Å². The highest BCUT2D eigenvalue weighted by molar-refractivity contribution is 5.97. The molecule has 4 nitrogen and oxygen atoms in total. The van der Waals surface area contributed by atoms with Gasteiger partial charge in [-0.05, 0) is 44.2 Å². The van der Waals surface area contributed by atoms with Gasteiger partial charge in [-0.3, -0.25) is 0 Å². The Labute approximate surface area is 125 Å². The van der Waals surface area contributed by atoms with Gasteiger partial charge in [-0.15, -0.1) is 0 Å². The van der Waals surface area contributed by atoms with E-state index in [-0.39, 0.29) is 11.9 Å². The van der Waals surface area contributed by atoms with E-state index in [1.54, 1.807) is 6.07 Å². The highest BCUT2D eigenvalue weighted by Crippen LogP contribution is 2.30. The summed E-state index contributed by atoms with van der Waals surface area (Å²) in [6.07, 6.45) is 8.88. The fourth-order valence-electron chi connectivity index (χ4n) is 2.51. The standard InChI is InChI=1S/C17H22O4/c1-12-8-6-4-3-5-7-9-13-10-14(18)11-15(20-2)16(13)17(19)21-12/h7,9-12,18H,3-6,8H2,1-2H3/t12-/m0/s1. The van der Waals surface area contributed by atoms with Crippen molar-refractivity contribution in [2.24, 2.45) is 0 Å². The molecule has 1 heterocycles. The first-order valence-electron chi connectivity index (χ1n) is 7.40. The van der Waals surface area contributed by atoms with Crippen molar-refractivity contribution in [1.29, 1.82) is 0 Å². The number of carbonyl (C=O) groups is 1. The third-order valence-electron chi connectivity index (χ3n) is 3.63. The molecule has 0 bridgehead atoms. The normalized spacial score (nSPS) is 19.9. The van der Waals surface area contributed by atoms with Gasteiger partial charge in [-0.1, -0.05) is 18.6 Å². The quantitative estimate of drug-likeness (QED) is 0.796. The van der Waals surface area contributed by atoms with Crippen LogP contribution in [0.25, 0.3) is 6.08 Å². The predicted octanol–water partition coefficient (Wildman–Crippen LogP) is 3.92. The Morgan fingerprint density at radius 2 is 2.10 bits per heavy atom. The van der Waals surface area contributed by atoms with Gasteiger partial charge in [0.15, 0.2) is 0 Å². The van der Waals surface area contributed by atoms with Crippen LogP contribution >= 0.6 is 0 Å². The van der Waals surface area contributed by atoms with E-state index in [0.29, 0.717) is 16.9 Å². The molecule has 0 spiro atoms. The number of rotatable bonds is 1. The molecule has 114 valence electrons. The van der Waals surface area contributed by atoms with E-state index in [1.165, 1.54) is 13.2 Å². The fraction of sp³-hybridized carbons (Fsp3) is 0.471. The minimum atomic E-state index is -0.403. The van der Waals surface area contributed by atoms with Gasteiger partial charge in [0.25, 0.3) is 0 Å². The molecule has 1 aliphatic heterocycles. The summed E-state index contributed by atoms with van der Waals surface area (Å²) in [6, 6.07) is 3.00. The maximum atomic E-state index is 12.4. The Balaban J connectivity index is 2.44. The summed E-state index contributed by atoms with van der Waals surface area (Å²) >= 11 is 0. The van der Waals surface area contributed by atoms with E-state index in [9.17, 15) is 9.90 Å². The van der Waals surface area contributed by atoms with Crippen molar-refractivity contribution < 1.29 is 19.4 Å². The number of aromatic hydroxyl groups is 1. The second kappa shape index (κ2) is 7.16. The number of ether oxygens (including phenoxy) is 2. The zero-order valence-electron chi connectivity index (χ0n) is 12.6. The number of cyclic esters (lactones) is 1. The first-order chi connectivity index (χ1) is 10.1. The molecule has 0 aliphatic carbocycles. The van der Waals surface area contributed by atoms with Crippen LogP contribution in [0.15, 0.2) is 18.2 Å². The summed E-state index contributed by atoms with van der Waals surface area (Å²) in [5.41, 5.74) is 1.00. The first kappa shape index (κ1) is 15.4. The number of hydrogen-bond acceptors (Lipinski definition) is 4. The summed E-state index contributed by atoms with van der Waals surface area (Å²) in [7, 11) is 1.48. The molecule has 21 heavy (non-hydrogen) atoms. The predicted molar refractivity (Wildman–Crippen MR) is 81.7 cm³/mol. The number of hydrogen-bond donors (Lipinski definition) is 1. The van der Waals surface area contributed by atoms with Crippen molar-refractivity contribution in [3.63, 3.8) is 0 Å². The monoisotopic (exact) mass is 290 g/mol. The Morgan fingerprint density at radius 1 is 1.29 bits per heavy atom. The third kappa shape index (κ3) is 4.00. The van der Waals surface area contributed by atoms with Crippen molar-refractivity contribution >= 4 is 12.0 Å². The van der Waals surface area contributed by atoms with Crippen molar-refractivity contribution in [2.75, 3.05) is 7.11 Å². The maximum absolute atomic E-state index is 12.4. The highest BCUT2D eigenvalue weighted by Gasteiger charge is 2.21. The molecule has 1 N–H and O–H groups in total. The van der Waals surface area contributed by atoms with E-state index in [4.69, 9.17) is 9.47 Å². The Morgan fingerprint density at radius 3 is 2.86 bits per heavy atom. The van der Waals surface area contributed by atoms with E-state index in [1.807, 2.05) is 19.1 Å². The molecule has 1 aromatic carbocycles. The number of phenolic OH excluding ortho intramolecular Hbond substituents is 1. The van der Waals surface area contributed by atoms with Crippen molar-refractivity contribution in [2.45, 2.75) is 45.1 Å². The summed E-state index contributed by atoms with van der Waals surface area (Å²) in [5, 5.41) is 9.76. The van der Waals surface area contributed by atoms with Crippen LogP contribution in [0.3, 0.4) is 0 Å². The van der Waals surface area contributed by atoms with Crippen molar-refractivity contribution in [3.8, 4) is 11.5 Å². The van der Waals surface area contributed by atoms with Crippen LogP contribution in [0.4, 0.5) is 0 Å². The number of phenols is 1. The molecular weight excluding hydrogens is 268 g/mol. The van der Waals surface area contributed by atoms with Crippen molar-refractivity contribution in [1.82, 2.24) is 0 Å². The number of methoxy groups -OCH3 is 1. The minimum Gasteiger partial charge on any atom is -0.508 e. The lowest BCUT2D eigenvalue weighted by Crippen LogP contribution is -2.17. The Hall–Kier alpha value is -1.97. The molecule has 0 aromatic heterocycles. The second-order valence-corrected chi connectivity index (χ2v) is 5.37. The lowest BCUT2D eigenvalue weighted by atomic mass is 10.0. The van der Waals surface area contributed by atoms with Crippen LogP contribution in [0.2, 0.25) is 0 Å². The van der Waals surface area contributed by atoms with Crippen LogP contribution in [0.5, 0.6) is 11.5 Å². The zero-order chi connectivity index (χ0) is 15.2. The molecule has 0 amide bonds. The molecular formula is C17H22O4. The smallest absolute Gasteiger partial charge is 0.342 e. The lowest BCUT2D eigenvalue weighted by molar-refractivity contribution is 0.0315. The second-order valence-electron chi connectivity index (χ2n) is 5.37. The van der Waals surface area contributed by atoms with Gasteiger partial charge in [0.1, 0.15) is 17.1 Å². The molecule has 0 radical (unpaired) electrons. The third-order valence-corrected chi connectivity index (χ3v) is 3.63. The van der Waals surface area contributed by atoms with Gasteiger partial charge in [0.05, 0.1) is 13.2 Å². The van der Waals surface area contributed by atoms with E-state index in [2.05, 4.69) is 0 Å². The van der Waals surface area contributed by atoms with E-state index >= 15 is 0 Å². The first-order valence-corrected chi connectivity index (χ1v) is 7.40. The molecule has 0 saturated heterocycles.